The Balaban J connectivity index is 0.00000612. The fourth-order valence-corrected chi connectivity index (χ4v) is 4.64. The van der Waals surface area contributed by atoms with Gasteiger partial charge in [-0.1, -0.05) is 35.3 Å². The van der Waals surface area contributed by atoms with E-state index in [1.165, 1.54) is 0 Å². The van der Waals surface area contributed by atoms with E-state index in [0.717, 1.165) is 25.8 Å². The van der Waals surface area contributed by atoms with Crippen LogP contribution in [0.2, 0.25) is 10.2 Å². The summed E-state index contributed by atoms with van der Waals surface area (Å²) >= 11 is 11.6. The highest BCUT2D eigenvalue weighted by atomic mass is 79.9. The van der Waals surface area contributed by atoms with Gasteiger partial charge in [0.05, 0.1) is 39.5 Å². The molecule has 0 aliphatic carbocycles. The first-order chi connectivity index (χ1) is 15.9. The van der Waals surface area contributed by atoms with Crippen molar-refractivity contribution in [3.05, 3.63) is 45.7 Å². The maximum atomic E-state index is 12.3. The molecule has 0 atom stereocenters. The number of amides is 1. The SMILES string of the molecule is C[N+](C)(CCCCCNS(=O)(=O)Cc1ccc(Cl)cc1)CCNC(=O)c1nc(Cl)c(N)nc1N.[Br-]. The summed E-state index contributed by atoms with van der Waals surface area (Å²) in [5.74, 6) is -0.628. The molecular formula is C21H32BrCl2N7O3S. The molecule has 0 fully saturated rings. The third-order valence-electron chi connectivity index (χ3n) is 5.15. The van der Waals surface area contributed by atoms with Crippen molar-refractivity contribution < 1.29 is 34.7 Å². The number of nitrogen functional groups attached to an aromatic ring is 2. The van der Waals surface area contributed by atoms with Gasteiger partial charge in [0.15, 0.2) is 22.5 Å². The van der Waals surface area contributed by atoms with Crippen molar-refractivity contribution in [3.8, 4) is 0 Å². The smallest absolute Gasteiger partial charge is 0.273 e. The zero-order chi connectivity index (χ0) is 25.4. The number of nitrogens with one attached hydrogen (secondary N) is 2. The molecule has 0 saturated carbocycles. The van der Waals surface area contributed by atoms with Gasteiger partial charge in [-0.15, -0.1) is 0 Å². The number of nitrogens with two attached hydrogens (primary N) is 2. The van der Waals surface area contributed by atoms with E-state index in [-0.39, 0.29) is 45.2 Å². The van der Waals surface area contributed by atoms with Crippen molar-refractivity contribution in [1.82, 2.24) is 20.0 Å². The number of carbonyl (C=O) groups is 1. The van der Waals surface area contributed by atoms with E-state index in [0.29, 0.717) is 34.7 Å². The van der Waals surface area contributed by atoms with Gasteiger partial charge in [-0.2, -0.15) is 0 Å². The predicted molar refractivity (Wildman–Crippen MR) is 136 cm³/mol. The van der Waals surface area contributed by atoms with Gasteiger partial charge in [-0.05, 0) is 37.0 Å². The predicted octanol–water partition coefficient (Wildman–Crippen LogP) is -0.952. The molecule has 0 saturated heterocycles. The Morgan fingerprint density at radius 3 is 2.29 bits per heavy atom. The number of unbranched alkanes of at least 4 members (excludes halogenated alkanes) is 2. The molecule has 2 rings (SSSR count). The number of hydrogen-bond acceptors (Lipinski definition) is 7. The van der Waals surface area contributed by atoms with Crippen LogP contribution in [0.1, 0.15) is 35.3 Å². The van der Waals surface area contributed by atoms with Crippen molar-refractivity contribution in [2.75, 3.05) is 51.7 Å². The van der Waals surface area contributed by atoms with Crippen LogP contribution in [-0.4, -0.2) is 69.1 Å². The Labute approximate surface area is 227 Å². The average Bonchev–Trinajstić information content (AvgIpc) is 2.74. The summed E-state index contributed by atoms with van der Waals surface area (Å²) < 4.78 is 27.7. The summed E-state index contributed by atoms with van der Waals surface area (Å²) in [7, 11) is 0.744. The summed E-state index contributed by atoms with van der Waals surface area (Å²) in [5.41, 5.74) is 11.9. The first-order valence-corrected chi connectivity index (χ1v) is 13.2. The van der Waals surface area contributed by atoms with Crippen molar-refractivity contribution in [3.63, 3.8) is 0 Å². The number of likely N-dealkylation sites (N-methyl/N-ethyl adjacent to an activating group) is 1. The summed E-state index contributed by atoms with van der Waals surface area (Å²) in [6.45, 7) is 2.38. The third-order valence-corrected chi connectivity index (χ3v) is 7.04. The van der Waals surface area contributed by atoms with E-state index in [2.05, 4.69) is 34.1 Å². The minimum atomic E-state index is -3.39. The van der Waals surface area contributed by atoms with Crippen LogP contribution in [-0.2, 0) is 15.8 Å². The van der Waals surface area contributed by atoms with Gasteiger partial charge in [0.1, 0.15) is 0 Å². The van der Waals surface area contributed by atoms with Gasteiger partial charge in [-0.3, -0.25) is 4.79 Å². The van der Waals surface area contributed by atoms with Gasteiger partial charge in [-0.25, -0.2) is 23.1 Å². The second-order valence-electron chi connectivity index (χ2n) is 8.61. The molecule has 14 heteroatoms. The van der Waals surface area contributed by atoms with Crippen LogP contribution in [0, 0.1) is 0 Å². The second-order valence-corrected chi connectivity index (χ2v) is 11.2. The highest BCUT2D eigenvalue weighted by Gasteiger charge is 2.19. The summed E-state index contributed by atoms with van der Waals surface area (Å²) in [6.07, 6.45) is 2.55. The molecule has 35 heavy (non-hydrogen) atoms. The Kier molecular flexibility index (Phi) is 12.7. The highest BCUT2D eigenvalue weighted by molar-refractivity contribution is 7.88. The lowest BCUT2D eigenvalue weighted by Gasteiger charge is -2.30. The minimum Gasteiger partial charge on any atom is -1.00 e. The van der Waals surface area contributed by atoms with Crippen molar-refractivity contribution >= 4 is 50.8 Å². The number of benzene rings is 1. The van der Waals surface area contributed by atoms with Gasteiger partial charge < -0.3 is 38.2 Å². The molecule has 196 valence electrons. The number of anilines is 2. The number of carbonyl (C=O) groups excluding carboxylic acids is 1. The lowest BCUT2D eigenvalue weighted by atomic mass is 10.2. The highest BCUT2D eigenvalue weighted by Crippen LogP contribution is 2.17. The molecule has 1 heterocycles. The van der Waals surface area contributed by atoms with Crippen LogP contribution in [0.4, 0.5) is 11.6 Å². The standard InChI is InChI=1S/C21H31Cl2N7O3S.BrH/c1-30(2,13-11-26-21(31)17-19(24)29-20(25)18(23)28-17)12-5-3-4-10-27-34(32,33)14-15-6-8-16(22)9-7-15;/h6-9,27H,3-5,10-14H2,1-2H3,(H4-,24,25,26,29,31);1H. The van der Waals surface area contributed by atoms with Gasteiger partial charge in [0, 0.05) is 11.6 Å². The molecule has 1 aromatic heterocycles. The Hall–Kier alpha value is -1.70. The summed E-state index contributed by atoms with van der Waals surface area (Å²) in [4.78, 5) is 20.0. The molecule has 0 unspecified atom stereocenters. The van der Waals surface area contributed by atoms with Crippen LogP contribution < -0.4 is 38.5 Å². The van der Waals surface area contributed by atoms with Crippen LogP contribution in [0.5, 0.6) is 0 Å². The molecule has 0 aliphatic heterocycles. The van der Waals surface area contributed by atoms with Gasteiger partial charge in [0.25, 0.3) is 5.91 Å². The van der Waals surface area contributed by atoms with Crippen molar-refractivity contribution in [2.45, 2.75) is 25.0 Å². The monoisotopic (exact) mass is 611 g/mol. The first kappa shape index (κ1) is 31.3. The molecule has 0 aliphatic rings. The molecule has 10 nitrogen and oxygen atoms in total. The van der Waals surface area contributed by atoms with E-state index < -0.39 is 15.9 Å². The maximum Gasteiger partial charge on any atom is 0.273 e. The maximum absolute atomic E-state index is 12.3. The number of hydrogen-bond donors (Lipinski definition) is 4. The van der Waals surface area contributed by atoms with E-state index in [9.17, 15) is 13.2 Å². The van der Waals surface area contributed by atoms with Crippen LogP contribution in [0.3, 0.4) is 0 Å². The summed E-state index contributed by atoms with van der Waals surface area (Å²) in [6, 6.07) is 6.76. The van der Waals surface area contributed by atoms with Crippen LogP contribution >= 0.6 is 23.2 Å². The normalized spacial score (nSPS) is 11.7. The van der Waals surface area contributed by atoms with Gasteiger partial charge in [0.2, 0.25) is 10.0 Å². The Morgan fingerprint density at radius 1 is 0.971 bits per heavy atom. The molecule has 0 bridgehead atoms. The molecular weight excluding hydrogens is 581 g/mol. The molecule has 1 amide bonds. The first-order valence-electron chi connectivity index (χ1n) is 10.8. The second kappa shape index (κ2) is 14.1. The minimum absolute atomic E-state index is 0. The number of quaternary nitrogens is 1. The zero-order valence-corrected chi connectivity index (χ0v) is 23.6. The third kappa shape index (κ3) is 11.3. The molecule has 6 N–H and O–H groups in total. The van der Waals surface area contributed by atoms with Crippen LogP contribution in [0.25, 0.3) is 0 Å². The molecule has 0 radical (unpaired) electrons. The number of halogens is 3. The largest absolute Gasteiger partial charge is 1.00 e. The molecule has 1 aromatic carbocycles. The van der Waals surface area contributed by atoms with E-state index in [1.54, 1.807) is 24.3 Å². The molecule has 2 aromatic rings. The van der Waals surface area contributed by atoms with E-state index in [4.69, 9.17) is 34.7 Å². The zero-order valence-electron chi connectivity index (χ0n) is 19.7. The fourth-order valence-electron chi connectivity index (χ4n) is 3.20. The average molecular weight is 613 g/mol. The van der Waals surface area contributed by atoms with Crippen LogP contribution in [0.15, 0.2) is 24.3 Å². The fraction of sp³-hybridized carbons (Fsp3) is 0.476. The number of sulfonamides is 1. The number of aromatic nitrogens is 2. The van der Waals surface area contributed by atoms with E-state index in [1.807, 2.05) is 0 Å². The van der Waals surface area contributed by atoms with E-state index >= 15 is 0 Å². The van der Waals surface area contributed by atoms with Crippen molar-refractivity contribution in [2.24, 2.45) is 0 Å². The lowest BCUT2D eigenvalue weighted by molar-refractivity contribution is -0.889. The van der Waals surface area contributed by atoms with Gasteiger partial charge >= 0.3 is 0 Å². The number of nitrogens with zero attached hydrogens (tertiary/aromatic N) is 3. The Bertz CT molecular complexity index is 1090. The lowest BCUT2D eigenvalue weighted by Crippen LogP contribution is -3.00. The summed E-state index contributed by atoms with van der Waals surface area (Å²) in [5, 5.41) is 3.28. The topological polar surface area (TPSA) is 153 Å². The van der Waals surface area contributed by atoms with Crippen molar-refractivity contribution in [1.29, 1.82) is 0 Å². The number of rotatable bonds is 13. The Morgan fingerprint density at radius 2 is 1.63 bits per heavy atom. The quantitative estimate of drug-likeness (QED) is 0.168. The molecule has 0 spiro atoms.